The number of sulfonamides is 1. The molecule has 1 fully saturated rings. The van der Waals surface area contributed by atoms with E-state index in [1.165, 1.54) is 20.5 Å². The second kappa shape index (κ2) is 9.04. The van der Waals surface area contributed by atoms with Crippen molar-refractivity contribution in [3.8, 4) is 0 Å². The molecule has 0 aromatic carbocycles. The number of aryl methyl sites for hydroxylation is 1. The maximum absolute atomic E-state index is 12.9. The lowest BCUT2D eigenvalue weighted by Gasteiger charge is -2.31. The Hall–Kier alpha value is -1.26. The Bertz CT molecular complexity index is 891. The summed E-state index contributed by atoms with van der Waals surface area (Å²) in [7, 11) is 0.467. The molecule has 2 aromatic rings. The van der Waals surface area contributed by atoms with Gasteiger partial charge in [-0.2, -0.15) is 4.31 Å². The maximum Gasteiger partial charge on any atom is 0.252 e. The normalized spacial score (nSPS) is 19.6. The number of thiophene rings is 2. The lowest BCUT2D eigenvalue weighted by Crippen LogP contribution is -2.46. The summed E-state index contributed by atoms with van der Waals surface area (Å²) in [6.07, 6.45) is 1.41. The van der Waals surface area contributed by atoms with Crippen LogP contribution in [0.15, 0.2) is 33.9 Å². The molecule has 3 heterocycles. The molecule has 9 heteroatoms. The Labute approximate surface area is 175 Å². The van der Waals surface area contributed by atoms with Gasteiger partial charge in [-0.1, -0.05) is 6.07 Å². The molecule has 0 radical (unpaired) electrons. The molecule has 154 valence electrons. The summed E-state index contributed by atoms with van der Waals surface area (Å²) in [5.41, 5.74) is 0. The van der Waals surface area contributed by atoms with E-state index in [0.717, 1.165) is 4.88 Å². The fourth-order valence-electron chi connectivity index (χ4n) is 3.41. The Kier molecular flexibility index (Phi) is 6.93. The molecule has 0 bridgehead atoms. The smallest absolute Gasteiger partial charge is 0.252 e. The fourth-order valence-corrected chi connectivity index (χ4v) is 7.30. The van der Waals surface area contributed by atoms with E-state index in [2.05, 4.69) is 16.3 Å². The number of hydrogen-bond donors (Lipinski definition) is 1. The number of nitrogens with zero attached hydrogens (tertiary/aromatic N) is 2. The fraction of sp³-hybridized carbons (Fsp3) is 0.526. The second-order valence-electron chi connectivity index (χ2n) is 7.31. The molecule has 1 amide bonds. The summed E-state index contributed by atoms with van der Waals surface area (Å²) in [5.74, 6) is -0.374. The highest BCUT2D eigenvalue weighted by atomic mass is 32.2. The minimum atomic E-state index is -3.52. The van der Waals surface area contributed by atoms with Gasteiger partial charge in [0.1, 0.15) is 4.21 Å². The van der Waals surface area contributed by atoms with Gasteiger partial charge in [0.2, 0.25) is 5.91 Å². The first-order valence-corrected chi connectivity index (χ1v) is 12.5. The molecule has 1 aliphatic rings. The molecular weight excluding hydrogens is 414 g/mol. The van der Waals surface area contributed by atoms with Gasteiger partial charge in [-0.25, -0.2) is 8.42 Å². The highest BCUT2D eigenvalue weighted by Crippen LogP contribution is 2.28. The molecule has 1 saturated heterocycles. The molecule has 28 heavy (non-hydrogen) atoms. The Balaban J connectivity index is 1.63. The van der Waals surface area contributed by atoms with Crippen LogP contribution in [0.5, 0.6) is 0 Å². The number of rotatable bonds is 7. The Morgan fingerprint density at radius 1 is 1.36 bits per heavy atom. The van der Waals surface area contributed by atoms with E-state index in [-0.39, 0.29) is 24.4 Å². The van der Waals surface area contributed by atoms with Crippen LogP contribution in [-0.2, 0) is 14.8 Å². The first-order chi connectivity index (χ1) is 13.3. The molecule has 0 saturated carbocycles. The monoisotopic (exact) mass is 441 g/mol. The van der Waals surface area contributed by atoms with Crippen molar-refractivity contribution in [3.63, 3.8) is 0 Å². The summed E-state index contributed by atoms with van der Waals surface area (Å²) in [5, 5.41) is 5.08. The van der Waals surface area contributed by atoms with Gasteiger partial charge in [-0.15, -0.1) is 22.7 Å². The van der Waals surface area contributed by atoms with Crippen LogP contribution in [0.4, 0.5) is 0 Å². The van der Waals surface area contributed by atoms with Crippen molar-refractivity contribution in [2.45, 2.75) is 30.0 Å². The summed E-state index contributed by atoms with van der Waals surface area (Å²) < 4.78 is 27.6. The first-order valence-electron chi connectivity index (χ1n) is 9.33. The van der Waals surface area contributed by atoms with Crippen LogP contribution < -0.4 is 5.32 Å². The second-order valence-corrected chi connectivity index (χ2v) is 11.7. The summed E-state index contributed by atoms with van der Waals surface area (Å²) in [4.78, 5) is 17.0. The van der Waals surface area contributed by atoms with Crippen molar-refractivity contribution in [1.82, 2.24) is 14.5 Å². The van der Waals surface area contributed by atoms with E-state index < -0.39 is 10.0 Å². The summed E-state index contributed by atoms with van der Waals surface area (Å²) in [6, 6.07) is 7.66. The van der Waals surface area contributed by atoms with E-state index in [9.17, 15) is 13.2 Å². The number of piperidine rings is 1. The number of hydrogen-bond acceptors (Lipinski definition) is 6. The SMILES string of the molecule is Cc1ccc(S(=O)(=O)N2CCC[C@H](C(=O)NC[C@@H](c3cccs3)N(C)C)C2)s1. The molecule has 0 unspecified atom stereocenters. The summed E-state index contributed by atoms with van der Waals surface area (Å²) in [6.45, 7) is 3.12. The molecule has 3 rings (SSSR count). The molecule has 2 atom stereocenters. The highest BCUT2D eigenvalue weighted by molar-refractivity contribution is 7.91. The third kappa shape index (κ3) is 4.83. The van der Waals surface area contributed by atoms with Crippen molar-refractivity contribution < 1.29 is 13.2 Å². The van der Waals surface area contributed by atoms with Gasteiger partial charge in [-0.3, -0.25) is 4.79 Å². The van der Waals surface area contributed by atoms with Crippen molar-refractivity contribution in [1.29, 1.82) is 0 Å². The predicted molar refractivity (Wildman–Crippen MR) is 114 cm³/mol. The van der Waals surface area contributed by atoms with Gasteiger partial charge in [0.25, 0.3) is 10.0 Å². The number of carbonyl (C=O) groups excluding carboxylic acids is 1. The van der Waals surface area contributed by atoms with E-state index in [0.29, 0.717) is 30.1 Å². The molecule has 0 spiro atoms. The average molecular weight is 442 g/mol. The standard InChI is InChI=1S/C19H27N3O3S3/c1-14-8-9-18(27-14)28(24,25)22-10-4-6-15(13-22)19(23)20-12-16(21(2)3)17-7-5-11-26-17/h5,7-9,11,15-16H,4,6,10,12-13H2,1-3H3,(H,20,23)/t15-,16-/m0/s1. The largest absolute Gasteiger partial charge is 0.354 e. The zero-order chi connectivity index (χ0) is 20.3. The van der Waals surface area contributed by atoms with Gasteiger partial charge in [0, 0.05) is 29.4 Å². The van der Waals surface area contributed by atoms with Crippen molar-refractivity contribution in [3.05, 3.63) is 39.4 Å². The third-order valence-electron chi connectivity index (χ3n) is 5.03. The number of likely N-dealkylation sites (N-methyl/N-ethyl adjacent to an activating group) is 1. The Morgan fingerprint density at radius 2 is 2.14 bits per heavy atom. The van der Waals surface area contributed by atoms with E-state index in [4.69, 9.17) is 0 Å². The number of nitrogens with one attached hydrogen (secondary N) is 1. The lowest BCUT2D eigenvalue weighted by molar-refractivity contribution is -0.126. The van der Waals surface area contributed by atoms with Crippen molar-refractivity contribution >= 4 is 38.6 Å². The van der Waals surface area contributed by atoms with Gasteiger partial charge in [0.05, 0.1) is 12.0 Å². The predicted octanol–water partition coefficient (Wildman–Crippen LogP) is 2.94. The van der Waals surface area contributed by atoms with Crippen molar-refractivity contribution in [2.24, 2.45) is 5.92 Å². The molecule has 2 aromatic heterocycles. The minimum Gasteiger partial charge on any atom is -0.354 e. The number of carbonyl (C=O) groups is 1. The minimum absolute atomic E-state index is 0.0642. The molecule has 0 aliphatic carbocycles. The average Bonchev–Trinajstić information content (AvgIpc) is 3.34. The number of amides is 1. The van der Waals surface area contributed by atoms with Crippen LogP contribution in [0.1, 0.15) is 28.6 Å². The van der Waals surface area contributed by atoms with Crippen LogP contribution in [0, 0.1) is 12.8 Å². The van der Waals surface area contributed by atoms with Crippen LogP contribution in [0.2, 0.25) is 0 Å². The van der Waals surface area contributed by atoms with Crippen LogP contribution in [0.3, 0.4) is 0 Å². The molecule has 1 N–H and O–H groups in total. The quantitative estimate of drug-likeness (QED) is 0.717. The molecule has 1 aliphatic heterocycles. The zero-order valence-corrected chi connectivity index (χ0v) is 18.9. The molecular formula is C19H27N3O3S3. The third-order valence-corrected chi connectivity index (χ3v) is 9.34. The lowest BCUT2D eigenvalue weighted by atomic mass is 9.98. The maximum atomic E-state index is 12.9. The van der Waals surface area contributed by atoms with E-state index in [1.54, 1.807) is 17.4 Å². The van der Waals surface area contributed by atoms with Crippen LogP contribution in [0.25, 0.3) is 0 Å². The van der Waals surface area contributed by atoms with Crippen LogP contribution >= 0.6 is 22.7 Å². The van der Waals surface area contributed by atoms with E-state index in [1.807, 2.05) is 38.5 Å². The van der Waals surface area contributed by atoms with Crippen LogP contribution in [-0.4, -0.2) is 57.3 Å². The van der Waals surface area contributed by atoms with Crippen molar-refractivity contribution in [2.75, 3.05) is 33.7 Å². The summed E-state index contributed by atoms with van der Waals surface area (Å²) >= 11 is 2.95. The zero-order valence-electron chi connectivity index (χ0n) is 16.4. The molecule has 6 nitrogen and oxygen atoms in total. The van der Waals surface area contributed by atoms with Gasteiger partial charge in [-0.05, 0) is 57.4 Å². The highest BCUT2D eigenvalue weighted by Gasteiger charge is 2.34. The van der Waals surface area contributed by atoms with Gasteiger partial charge < -0.3 is 10.2 Å². The van der Waals surface area contributed by atoms with Gasteiger partial charge >= 0.3 is 0 Å². The topological polar surface area (TPSA) is 69.7 Å². The van der Waals surface area contributed by atoms with Gasteiger partial charge in [0.15, 0.2) is 0 Å². The first kappa shape index (κ1) is 21.4. The Morgan fingerprint density at radius 3 is 2.75 bits per heavy atom. The van der Waals surface area contributed by atoms with E-state index >= 15 is 0 Å².